The van der Waals surface area contributed by atoms with Gasteiger partial charge in [-0.2, -0.15) is 0 Å². The lowest BCUT2D eigenvalue weighted by atomic mass is 10.2. The molecule has 0 unspecified atom stereocenters. The topological polar surface area (TPSA) is 58.6 Å². The molecule has 0 spiro atoms. The second-order valence-electron chi connectivity index (χ2n) is 5.10. The van der Waals surface area contributed by atoms with E-state index in [1.54, 1.807) is 12.1 Å². The van der Waals surface area contributed by atoms with Crippen LogP contribution in [0.4, 0.5) is 15.8 Å². The molecule has 25 heavy (non-hydrogen) atoms. The summed E-state index contributed by atoms with van der Waals surface area (Å²) in [6.45, 7) is 1.09. The van der Waals surface area contributed by atoms with E-state index in [0.717, 1.165) is 6.07 Å². The lowest BCUT2D eigenvalue weighted by molar-refractivity contribution is -0.120. The minimum atomic E-state index is -0.585. The van der Waals surface area contributed by atoms with Gasteiger partial charge >= 0.3 is 0 Å². The van der Waals surface area contributed by atoms with Crippen LogP contribution in [0.2, 0.25) is 10.0 Å². The number of anilines is 2. The average Bonchev–Trinajstić information content (AvgIpc) is 2.55. The Hall–Kier alpha value is -2.31. The highest BCUT2D eigenvalue weighted by molar-refractivity contribution is 6.32. The Morgan fingerprint density at radius 1 is 1.16 bits per heavy atom. The lowest BCUT2D eigenvalue weighted by Gasteiger charge is -2.21. The first-order chi connectivity index (χ1) is 11.8. The molecular weight excluding hydrogens is 370 g/mol. The molecule has 0 aromatic heterocycles. The van der Waals surface area contributed by atoms with E-state index in [2.05, 4.69) is 5.32 Å². The van der Waals surface area contributed by atoms with Gasteiger partial charge < -0.3 is 15.0 Å². The van der Waals surface area contributed by atoms with Crippen molar-refractivity contribution in [3.63, 3.8) is 0 Å². The van der Waals surface area contributed by atoms with E-state index in [0.29, 0.717) is 22.1 Å². The van der Waals surface area contributed by atoms with Crippen molar-refractivity contribution in [1.82, 2.24) is 0 Å². The zero-order chi connectivity index (χ0) is 18.6. The molecule has 2 aromatic rings. The zero-order valence-corrected chi connectivity index (χ0v) is 15.0. The third kappa shape index (κ3) is 4.84. The van der Waals surface area contributed by atoms with Crippen molar-refractivity contribution in [2.75, 3.05) is 23.9 Å². The number of carbonyl (C=O) groups is 2. The SMILES string of the molecule is COc1ccc(N(CC(=O)Nc2ccc(F)c(Cl)c2)C(C)=O)cc1Cl. The maximum absolute atomic E-state index is 13.2. The Labute approximate surface area is 154 Å². The standard InChI is InChI=1S/C17H15Cl2FN2O3/c1-10(23)22(12-4-6-16(25-2)14(19)8-12)9-17(24)21-11-3-5-15(20)13(18)7-11/h3-8H,9H2,1-2H3,(H,21,24). The Balaban J connectivity index is 2.15. The van der Waals surface area contributed by atoms with Crippen molar-refractivity contribution in [3.05, 3.63) is 52.3 Å². The molecule has 2 amide bonds. The minimum Gasteiger partial charge on any atom is -0.495 e. The number of ether oxygens (including phenoxy) is 1. The number of hydrogen-bond acceptors (Lipinski definition) is 3. The number of amides is 2. The molecule has 0 heterocycles. The Kier molecular flexibility index (Phi) is 6.22. The molecule has 132 valence electrons. The molecule has 0 aliphatic carbocycles. The normalized spacial score (nSPS) is 10.3. The molecule has 0 atom stereocenters. The van der Waals surface area contributed by atoms with E-state index >= 15 is 0 Å². The van der Waals surface area contributed by atoms with Crippen LogP contribution < -0.4 is 15.0 Å². The third-order valence-corrected chi connectivity index (χ3v) is 3.92. The van der Waals surface area contributed by atoms with Gasteiger partial charge in [-0.25, -0.2) is 4.39 Å². The van der Waals surface area contributed by atoms with E-state index in [1.165, 1.54) is 37.1 Å². The summed E-state index contributed by atoms with van der Waals surface area (Å²) < 4.78 is 18.2. The summed E-state index contributed by atoms with van der Waals surface area (Å²) >= 11 is 11.7. The van der Waals surface area contributed by atoms with Crippen LogP contribution in [-0.4, -0.2) is 25.5 Å². The largest absolute Gasteiger partial charge is 0.495 e. The van der Waals surface area contributed by atoms with Crippen molar-refractivity contribution < 1.29 is 18.7 Å². The fourth-order valence-electron chi connectivity index (χ4n) is 2.13. The first kappa shape index (κ1) is 19.0. The minimum absolute atomic E-state index is 0.108. The van der Waals surface area contributed by atoms with Gasteiger partial charge in [-0.3, -0.25) is 9.59 Å². The van der Waals surface area contributed by atoms with E-state index in [4.69, 9.17) is 27.9 Å². The summed E-state index contributed by atoms with van der Waals surface area (Å²) in [5.74, 6) is -0.935. The second-order valence-corrected chi connectivity index (χ2v) is 5.92. The molecule has 2 aromatic carbocycles. The zero-order valence-electron chi connectivity index (χ0n) is 13.5. The van der Waals surface area contributed by atoms with Gasteiger partial charge in [-0.05, 0) is 36.4 Å². The Morgan fingerprint density at radius 2 is 1.88 bits per heavy atom. The van der Waals surface area contributed by atoms with Gasteiger partial charge in [0.2, 0.25) is 11.8 Å². The highest BCUT2D eigenvalue weighted by Gasteiger charge is 2.17. The van der Waals surface area contributed by atoms with Crippen molar-refractivity contribution >= 4 is 46.4 Å². The lowest BCUT2D eigenvalue weighted by Crippen LogP contribution is -2.36. The van der Waals surface area contributed by atoms with Crippen molar-refractivity contribution in [2.24, 2.45) is 0 Å². The predicted molar refractivity (Wildman–Crippen MR) is 96.1 cm³/mol. The molecule has 0 saturated heterocycles. The van der Waals surface area contributed by atoms with Crippen LogP contribution in [0.3, 0.4) is 0 Å². The van der Waals surface area contributed by atoms with Crippen molar-refractivity contribution in [3.8, 4) is 5.75 Å². The Morgan fingerprint density at radius 3 is 2.44 bits per heavy atom. The summed E-state index contributed by atoms with van der Waals surface area (Å²) in [4.78, 5) is 25.4. The number of rotatable bonds is 5. The summed E-state index contributed by atoms with van der Waals surface area (Å²) in [5, 5.41) is 2.77. The summed E-state index contributed by atoms with van der Waals surface area (Å²) in [5.41, 5.74) is 0.776. The van der Waals surface area contributed by atoms with Gasteiger partial charge in [0.1, 0.15) is 18.1 Å². The molecule has 8 heteroatoms. The van der Waals surface area contributed by atoms with Gasteiger partial charge in [-0.1, -0.05) is 23.2 Å². The van der Waals surface area contributed by atoms with Gasteiger partial charge in [0.05, 0.1) is 17.2 Å². The van der Waals surface area contributed by atoms with E-state index < -0.39 is 11.7 Å². The van der Waals surface area contributed by atoms with Crippen molar-refractivity contribution in [2.45, 2.75) is 6.92 Å². The molecule has 0 aliphatic rings. The molecular formula is C17H15Cl2FN2O3. The summed E-state index contributed by atoms with van der Waals surface area (Å²) in [7, 11) is 1.48. The predicted octanol–water partition coefficient (Wildman–Crippen LogP) is 4.13. The Bertz CT molecular complexity index is 814. The van der Waals surface area contributed by atoms with Crippen LogP contribution in [0, 0.1) is 5.82 Å². The van der Waals surface area contributed by atoms with Gasteiger partial charge in [0.15, 0.2) is 0 Å². The number of carbonyl (C=O) groups excluding carboxylic acids is 2. The first-order valence-electron chi connectivity index (χ1n) is 7.18. The van der Waals surface area contributed by atoms with E-state index in [-0.39, 0.29) is 17.5 Å². The van der Waals surface area contributed by atoms with Gasteiger partial charge in [0.25, 0.3) is 0 Å². The molecule has 0 saturated carbocycles. The van der Waals surface area contributed by atoms with E-state index in [1.807, 2.05) is 0 Å². The number of methoxy groups -OCH3 is 1. The van der Waals surface area contributed by atoms with Crippen LogP contribution in [0.15, 0.2) is 36.4 Å². The maximum Gasteiger partial charge on any atom is 0.244 e. The number of nitrogens with one attached hydrogen (secondary N) is 1. The van der Waals surface area contributed by atoms with E-state index in [9.17, 15) is 14.0 Å². The number of hydrogen-bond donors (Lipinski definition) is 1. The summed E-state index contributed by atoms with van der Waals surface area (Å²) in [6, 6.07) is 8.56. The maximum atomic E-state index is 13.2. The average molecular weight is 385 g/mol. The molecule has 5 nitrogen and oxygen atoms in total. The highest BCUT2D eigenvalue weighted by Crippen LogP contribution is 2.29. The number of nitrogens with zero attached hydrogens (tertiary/aromatic N) is 1. The quantitative estimate of drug-likeness (QED) is 0.842. The fraction of sp³-hybridized carbons (Fsp3) is 0.176. The fourth-order valence-corrected chi connectivity index (χ4v) is 2.56. The van der Waals surface area contributed by atoms with Gasteiger partial charge in [-0.15, -0.1) is 0 Å². The molecule has 0 radical (unpaired) electrons. The highest BCUT2D eigenvalue weighted by atomic mass is 35.5. The summed E-state index contributed by atoms with van der Waals surface area (Å²) in [6.07, 6.45) is 0. The molecule has 0 aliphatic heterocycles. The number of halogens is 3. The third-order valence-electron chi connectivity index (χ3n) is 3.33. The smallest absolute Gasteiger partial charge is 0.244 e. The first-order valence-corrected chi connectivity index (χ1v) is 7.94. The molecule has 0 bridgehead atoms. The van der Waals surface area contributed by atoms with Crippen molar-refractivity contribution in [1.29, 1.82) is 0 Å². The molecule has 1 N–H and O–H groups in total. The van der Waals surface area contributed by atoms with Crippen LogP contribution in [-0.2, 0) is 9.59 Å². The molecule has 2 rings (SSSR count). The van der Waals surface area contributed by atoms with Crippen LogP contribution >= 0.6 is 23.2 Å². The van der Waals surface area contributed by atoms with Crippen LogP contribution in [0.5, 0.6) is 5.75 Å². The second kappa shape index (κ2) is 8.18. The van der Waals surface area contributed by atoms with Crippen LogP contribution in [0.25, 0.3) is 0 Å². The van der Waals surface area contributed by atoms with Gasteiger partial charge in [0, 0.05) is 18.3 Å². The van der Waals surface area contributed by atoms with Crippen LogP contribution in [0.1, 0.15) is 6.92 Å². The molecule has 0 fully saturated rings. The monoisotopic (exact) mass is 384 g/mol. The number of benzene rings is 2.